The standard InChI is InChI=1S/C15H10Cl2N2O3/c1-19-12-5-3-9(7-13(12)22-15(19)21)18-14(20)8-2-4-10(16)11(17)6-8/h2-7H,1H3,(H,18,20). The van der Waals surface area contributed by atoms with E-state index in [4.69, 9.17) is 27.6 Å². The van der Waals surface area contributed by atoms with Crippen LogP contribution in [0.2, 0.25) is 10.0 Å². The second-order valence-electron chi connectivity index (χ2n) is 4.69. The Labute approximate surface area is 135 Å². The molecule has 22 heavy (non-hydrogen) atoms. The van der Waals surface area contributed by atoms with Crippen LogP contribution < -0.4 is 11.1 Å². The van der Waals surface area contributed by atoms with Gasteiger partial charge in [0.1, 0.15) is 0 Å². The quantitative estimate of drug-likeness (QED) is 0.776. The van der Waals surface area contributed by atoms with Crippen molar-refractivity contribution in [2.24, 2.45) is 7.05 Å². The van der Waals surface area contributed by atoms with E-state index in [1.54, 1.807) is 37.4 Å². The van der Waals surface area contributed by atoms with E-state index in [1.807, 2.05) is 0 Å². The summed E-state index contributed by atoms with van der Waals surface area (Å²) in [6.07, 6.45) is 0. The van der Waals surface area contributed by atoms with E-state index in [0.717, 1.165) is 0 Å². The third-order valence-electron chi connectivity index (χ3n) is 3.23. The van der Waals surface area contributed by atoms with Gasteiger partial charge in [0, 0.05) is 24.4 Å². The van der Waals surface area contributed by atoms with Gasteiger partial charge in [0.2, 0.25) is 0 Å². The van der Waals surface area contributed by atoms with Crippen molar-refractivity contribution < 1.29 is 9.21 Å². The third kappa shape index (κ3) is 2.61. The Balaban J connectivity index is 1.90. The molecule has 7 heteroatoms. The fourth-order valence-corrected chi connectivity index (χ4v) is 2.35. The van der Waals surface area contributed by atoms with Gasteiger partial charge in [0.05, 0.1) is 15.6 Å². The van der Waals surface area contributed by atoms with Gasteiger partial charge < -0.3 is 9.73 Å². The summed E-state index contributed by atoms with van der Waals surface area (Å²) < 4.78 is 6.47. The number of nitrogens with one attached hydrogen (secondary N) is 1. The van der Waals surface area contributed by atoms with Gasteiger partial charge in [-0.05, 0) is 30.3 Å². The maximum atomic E-state index is 12.2. The van der Waals surface area contributed by atoms with Gasteiger partial charge in [0.25, 0.3) is 5.91 Å². The number of hydrogen-bond donors (Lipinski definition) is 1. The number of halogens is 2. The molecule has 0 spiro atoms. The lowest BCUT2D eigenvalue weighted by molar-refractivity contribution is 0.102. The molecule has 3 rings (SSSR count). The molecule has 1 heterocycles. The van der Waals surface area contributed by atoms with Gasteiger partial charge in [-0.3, -0.25) is 9.36 Å². The summed E-state index contributed by atoms with van der Waals surface area (Å²) in [6.45, 7) is 0. The van der Waals surface area contributed by atoms with Crippen molar-refractivity contribution in [3.63, 3.8) is 0 Å². The van der Waals surface area contributed by atoms with E-state index in [0.29, 0.717) is 32.4 Å². The second kappa shape index (κ2) is 5.51. The third-order valence-corrected chi connectivity index (χ3v) is 3.97. The van der Waals surface area contributed by atoms with E-state index >= 15 is 0 Å². The van der Waals surface area contributed by atoms with Crippen LogP contribution in [-0.2, 0) is 7.05 Å². The summed E-state index contributed by atoms with van der Waals surface area (Å²) in [5.41, 5.74) is 1.94. The molecule has 0 aliphatic heterocycles. The van der Waals surface area contributed by atoms with Crippen LogP contribution in [0, 0.1) is 0 Å². The summed E-state index contributed by atoms with van der Waals surface area (Å²) >= 11 is 11.7. The monoisotopic (exact) mass is 336 g/mol. The number of benzene rings is 2. The smallest absolute Gasteiger partial charge is 0.408 e. The Morgan fingerprint density at radius 1 is 1.14 bits per heavy atom. The van der Waals surface area contributed by atoms with Crippen LogP contribution in [0.4, 0.5) is 5.69 Å². The van der Waals surface area contributed by atoms with Crippen molar-refractivity contribution in [1.29, 1.82) is 0 Å². The van der Waals surface area contributed by atoms with Gasteiger partial charge >= 0.3 is 5.76 Å². The van der Waals surface area contributed by atoms with Crippen molar-refractivity contribution >= 4 is 45.9 Å². The molecule has 0 aliphatic carbocycles. The average Bonchev–Trinajstić information content (AvgIpc) is 2.76. The lowest BCUT2D eigenvalue weighted by Crippen LogP contribution is -2.11. The first-order valence-electron chi connectivity index (χ1n) is 6.31. The Hall–Kier alpha value is -2.24. The van der Waals surface area contributed by atoms with Crippen molar-refractivity contribution in [3.8, 4) is 0 Å². The average molecular weight is 337 g/mol. The highest BCUT2D eigenvalue weighted by Gasteiger charge is 2.11. The van der Waals surface area contributed by atoms with E-state index in [-0.39, 0.29) is 5.91 Å². The Bertz CT molecular complexity index is 944. The molecule has 2 aromatic carbocycles. The molecule has 0 saturated carbocycles. The normalized spacial score (nSPS) is 10.9. The number of aromatic nitrogens is 1. The molecule has 5 nitrogen and oxygen atoms in total. The topological polar surface area (TPSA) is 64.2 Å². The first-order valence-corrected chi connectivity index (χ1v) is 7.07. The molecule has 1 amide bonds. The SMILES string of the molecule is Cn1c(=O)oc2cc(NC(=O)c3ccc(Cl)c(Cl)c3)ccc21. The molecule has 0 unspecified atom stereocenters. The number of rotatable bonds is 2. The fraction of sp³-hybridized carbons (Fsp3) is 0.0667. The van der Waals surface area contributed by atoms with Crippen LogP contribution in [0.5, 0.6) is 0 Å². The number of aryl methyl sites for hydroxylation is 1. The maximum absolute atomic E-state index is 12.2. The van der Waals surface area contributed by atoms with E-state index in [9.17, 15) is 9.59 Å². The molecule has 112 valence electrons. The molecule has 0 fully saturated rings. The zero-order chi connectivity index (χ0) is 15.9. The number of fused-ring (bicyclic) bond motifs is 1. The molecule has 1 aromatic heterocycles. The van der Waals surface area contributed by atoms with Crippen molar-refractivity contribution in [1.82, 2.24) is 4.57 Å². The molecular weight excluding hydrogens is 327 g/mol. The molecule has 0 radical (unpaired) electrons. The van der Waals surface area contributed by atoms with Crippen LogP contribution in [0.1, 0.15) is 10.4 Å². The first-order chi connectivity index (χ1) is 10.5. The molecule has 3 aromatic rings. The minimum Gasteiger partial charge on any atom is -0.408 e. The minimum absolute atomic E-state index is 0.304. The number of carbonyl (C=O) groups excluding carboxylic acids is 1. The molecule has 0 bridgehead atoms. The molecule has 1 N–H and O–H groups in total. The highest BCUT2D eigenvalue weighted by atomic mass is 35.5. The zero-order valence-corrected chi connectivity index (χ0v) is 12.9. The van der Waals surface area contributed by atoms with Crippen molar-refractivity contribution in [2.45, 2.75) is 0 Å². The highest BCUT2D eigenvalue weighted by molar-refractivity contribution is 6.42. The van der Waals surface area contributed by atoms with Crippen LogP contribution in [-0.4, -0.2) is 10.5 Å². The number of nitrogens with zero attached hydrogens (tertiary/aromatic N) is 1. The van der Waals surface area contributed by atoms with Crippen LogP contribution in [0.25, 0.3) is 11.1 Å². The first kappa shape index (κ1) is 14.7. The number of amides is 1. The largest absolute Gasteiger partial charge is 0.419 e. The van der Waals surface area contributed by atoms with Gasteiger partial charge in [-0.25, -0.2) is 4.79 Å². The molecule has 0 atom stereocenters. The fourth-order valence-electron chi connectivity index (χ4n) is 2.05. The maximum Gasteiger partial charge on any atom is 0.419 e. The van der Waals surface area contributed by atoms with Crippen molar-refractivity contribution in [3.05, 3.63) is 62.6 Å². The van der Waals surface area contributed by atoms with E-state index in [1.165, 1.54) is 10.6 Å². The van der Waals surface area contributed by atoms with E-state index < -0.39 is 5.76 Å². The summed E-state index contributed by atoms with van der Waals surface area (Å²) in [6, 6.07) is 9.59. The van der Waals surface area contributed by atoms with Crippen LogP contribution in [0.3, 0.4) is 0 Å². The second-order valence-corrected chi connectivity index (χ2v) is 5.51. The Kier molecular flexibility index (Phi) is 3.68. The Morgan fingerprint density at radius 3 is 2.64 bits per heavy atom. The van der Waals surface area contributed by atoms with Crippen LogP contribution >= 0.6 is 23.2 Å². The number of hydrogen-bond acceptors (Lipinski definition) is 3. The summed E-state index contributed by atoms with van der Waals surface area (Å²) in [7, 11) is 1.61. The number of carbonyl (C=O) groups is 1. The summed E-state index contributed by atoms with van der Waals surface area (Å²) in [5.74, 6) is -0.792. The van der Waals surface area contributed by atoms with Crippen molar-refractivity contribution in [2.75, 3.05) is 5.32 Å². The van der Waals surface area contributed by atoms with Gasteiger partial charge in [0.15, 0.2) is 5.58 Å². The predicted octanol–water partition coefficient (Wildman–Crippen LogP) is 3.69. The lowest BCUT2D eigenvalue weighted by Gasteiger charge is -2.06. The zero-order valence-electron chi connectivity index (χ0n) is 11.4. The molecule has 0 saturated heterocycles. The van der Waals surface area contributed by atoms with Crippen LogP contribution in [0.15, 0.2) is 45.6 Å². The number of anilines is 1. The highest BCUT2D eigenvalue weighted by Crippen LogP contribution is 2.23. The van der Waals surface area contributed by atoms with Gasteiger partial charge in [-0.2, -0.15) is 0 Å². The summed E-state index contributed by atoms with van der Waals surface area (Å²) in [5, 5.41) is 3.40. The summed E-state index contributed by atoms with van der Waals surface area (Å²) in [4.78, 5) is 23.6. The Morgan fingerprint density at radius 2 is 1.91 bits per heavy atom. The number of oxazole rings is 1. The molecule has 0 aliphatic rings. The lowest BCUT2D eigenvalue weighted by atomic mass is 10.2. The predicted molar refractivity (Wildman–Crippen MR) is 85.9 cm³/mol. The van der Waals surface area contributed by atoms with Gasteiger partial charge in [-0.15, -0.1) is 0 Å². The minimum atomic E-state index is -0.456. The van der Waals surface area contributed by atoms with E-state index in [2.05, 4.69) is 5.32 Å². The molecular formula is C15H10Cl2N2O3. The van der Waals surface area contributed by atoms with Gasteiger partial charge in [-0.1, -0.05) is 23.2 Å².